The zero-order valence-corrected chi connectivity index (χ0v) is 7.95. The van der Waals surface area contributed by atoms with Crippen molar-refractivity contribution in [1.29, 1.82) is 0 Å². The maximum absolute atomic E-state index is 10.3. The Morgan fingerprint density at radius 3 is 2.00 bits per heavy atom. The Morgan fingerprint density at radius 2 is 1.73 bits per heavy atom. The maximum Gasteiger partial charge on any atom is 0.268 e. The second-order valence-electron chi connectivity index (χ2n) is 2.48. The Balaban J connectivity index is 0.000000162. The van der Waals surface area contributed by atoms with Crippen LogP contribution in [0.2, 0.25) is 0 Å². The van der Waals surface area contributed by atoms with Crippen molar-refractivity contribution >= 4 is 5.91 Å². The molecule has 2 N–H and O–H groups in total. The summed E-state index contributed by atoms with van der Waals surface area (Å²) in [6.45, 7) is 0. The number of primary amides is 1. The lowest BCUT2D eigenvalue weighted by molar-refractivity contribution is 0.0995. The number of hydrogen-bond donors (Lipinski definition) is 1. The van der Waals surface area contributed by atoms with E-state index >= 15 is 0 Å². The van der Waals surface area contributed by atoms with E-state index in [0.717, 1.165) is 0 Å². The van der Waals surface area contributed by atoms with Gasteiger partial charge >= 0.3 is 0 Å². The van der Waals surface area contributed by atoms with Gasteiger partial charge in [-0.3, -0.25) is 14.8 Å². The van der Waals surface area contributed by atoms with Crippen LogP contribution in [0.4, 0.5) is 0 Å². The molecule has 76 valence electrons. The summed E-state index contributed by atoms with van der Waals surface area (Å²) in [6, 6.07) is 5.72. The van der Waals surface area contributed by atoms with Gasteiger partial charge < -0.3 is 5.73 Å². The average molecular weight is 202 g/mol. The third kappa shape index (κ3) is 4.47. The second-order valence-corrected chi connectivity index (χ2v) is 2.48. The van der Waals surface area contributed by atoms with Crippen LogP contribution in [0.25, 0.3) is 0 Å². The molecule has 5 nitrogen and oxygen atoms in total. The largest absolute Gasteiger partial charge is 0.364 e. The highest BCUT2D eigenvalue weighted by Gasteiger charge is 1.97. The van der Waals surface area contributed by atoms with Crippen LogP contribution in [-0.2, 0) is 0 Å². The minimum absolute atomic E-state index is 0.192. The lowest BCUT2D eigenvalue weighted by Gasteiger charge is -1.87. The Labute approximate surface area is 87.0 Å². The summed E-state index contributed by atoms with van der Waals surface area (Å²) in [6.07, 6.45) is 7.72. The fourth-order valence-corrected chi connectivity index (χ4v) is 0.739. The van der Waals surface area contributed by atoms with Crippen molar-refractivity contribution in [3.05, 3.63) is 54.9 Å². The molecule has 0 aliphatic rings. The monoisotopic (exact) mass is 202 g/mol. The molecule has 2 heterocycles. The molecule has 0 spiro atoms. The lowest BCUT2D eigenvalue weighted by Crippen LogP contribution is -2.12. The van der Waals surface area contributed by atoms with E-state index in [2.05, 4.69) is 15.0 Å². The standard InChI is InChI=1S/C5H5N3O.C5H5N/c6-5(9)4-3-7-1-2-8-4;1-2-4-6-5-3-1/h1-3H,(H2,6,9);1-5H. The predicted molar refractivity (Wildman–Crippen MR) is 54.8 cm³/mol. The summed E-state index contributed by atoms with van der Waals surface area (Å²) in [4.78, 5) is 21.4. The van der Waals surface area contributed by atoms with E-state index in [9.17, 15) is 4.79 Å². The van der Waals surface area contributed by atoms with Crippen LogP contribution in [0.5, 0.6) is 0 Å². The van der Waals surface area contributed by atoms with Gasteiger partial charge in [-0.05, 0) is 12.1 Å². The molecule has 0 radical (unpaired) electrons. The van der Waals surface area contributed by atoms with E-state index in [1.165, 1.54) is 18.6 Å². The van der Waals surface area contributed by atoms with Gasteiger partial charge in [0, 0.05) is 24.8 Å². The smallest absolute Gasteiger partial charge is 0.268 e. The Bertz CT molecular complexity index is 364. The third-order valence-electron chi connectivity index (χ3n) is 1.38. The lowest BCUT2D eigenvalue weighted by atomic mass is 10.4. The van der Waals surface area contributed by atoms with Crippen molar-refractivity contribution in [3.8, 4) is 0 Å². The van der Waals surface area contributed by atoms with E-state index < -0.39 is 5.91 Å². The minimum atomic E-state index is -0.553. The van der Waals surface area contributed by atoms with Gasteiger partial charge in [0.05, 0.1) is 6.20 Å². The maximum atomic E-state index is 10.3. The van der Waals surface area contributed by atoms with Crippen molar-refractivity contribution in [2.45, 2.75) is 0 Å². The summed E-state index contributed by atoms with van der Waals surface area (Å²) in [5, 5.41) is 0. The first-order chi connectivity index (χ1) is 7.30. The van der Waals surface area contributed by atoms with Gasteiger partial charge in [-0.15, -0.1) is 0 Å². The molecule has 5 heteroatoms. The van der Waals surface area contributed by atoms with Crippen LogP contribution in [-0.4, -0.2) is 20.9 Å². The van der Waals surface area contributed by atoms with Gasteiger partial charge in [0.1, 0.15) is 5.69 Å². The Hall–Kier alpha value is -2.30. The van der Waals surface area contributed by atoms with Crippen LogP contribution in [0.1, 0.15) is 10.5 Å². The fourth-order valence-electron chi connectivity index (χ4n) is 0.739. The first-order valence-electron chi connectivity index (χ1n) is 4.21. The summed E-state index contributed by atoms with van der Waals surface area (Å²) in [5.41, 5.74) is 5.06. The molecule has 1 amide bonds. The number of carbonyl (C=O) groups is 1. The normalized spacial score (nSPS) is 8.53. The fraction of sp³-hybridized carbons (Fsp3) is 0. The molecule has 0 aromatic carbocycles. The van der Waals surface area contributed by atoms with Gasteiger partial charge in [-0.25, -0.2) is 4.98 Å². The zero-order chi connectivity index (χ0) is 10.9. The summed E-state index contributed by atoms with van der Waals surface area (Å²) in [7, 11) is 0. The Morgan fingerprint density at radius 1 is 1.00 bits per heavy atom. The number of nitrogens with two attached hydrogens (primary N) is 1. The van der Waals surface area contributed by atoms with Crippen LogP contribution >= 0.6 is 0 Å². The van der Waals surface area contributed by atoms with Crippen LogP contribution in [0.15, 0.2) is 49.2 Å². The molecule has 2 aromatic rings. The Kier molecular flexibility index (Phi) is 4.45. The molecular formula is C10H10N4O. The van der Waals surface area contributed by atoms with Crippen molar-refractivity contribution in [1.82, 2.24) is 15.0 Å². The van der Waals surface area contributed by atoms with E-state index in [1.807, 2.05) is 18.2 Å². The molecule has 0 bridgehead atoms. The molecule has 0 atom stereocenters. The van der Waals surface area contributed by atoms with Gasteiger partial charge in [-0.2, -0.15) is 0 Å². The molecule has 15 heavy (non-hydrogen) atoms. The van der Waals surface area contributed by atoms with Crippen molar-refractivity contribution in [2.75, 3.05) is 0 Å². The van der Waals surface area contributed by atoms with Crippen LogP contribution in [0.3, 0.4) is 0 Å². The van der Waals surface area contributed by atoms with Crippen molar-refractivity contribution in [2.24, 2.45) is 5.73 Å². The van der Waals surface area contributed by atoms with E-state index in [0.29, 0.717) is 0 Å². The van der Waals surface area contributed by atoms with Gasteiger partial charge in [-0.1, -0.05) is 6.07 Å². The van der Waals surface area contributed by atoms with Gasteiger partial charge in [0.15, 0.2) is 0 Å². The van der Waals surface area contributed by atoms with Crippen molar-refractivity contribution < 1.29 is 4.79 Å². The number of hydrogen-bond acceptors (Lipinski definition) is 4. The number of rotatable bonds is 1. The van der Waals surface area contributed by atoms with Crippen LogP contribution in [0, 0.1) is 0 Å². The quantitative estimate of drug-likeness (QED) is 0.736. The summed E-state index contributed by atoms with van der Waals surface area (Å²) in [5.74, 6) is -0.553. The second kappa shape index (κ2) is 6.20. The van der Waals surface area contributed by atoms with Gasteiger partial charge in [0.2, 0.25) is 0 Å². The first kappa shape index (κ1) is 10.8. The summed E-state index contributed by atoms with van der Waals surface area (Å²) >= 11 is 0. The number of pyridine rings is 1. The molecule has 0 unspecified atom stereocenters. The SMILES string of the molecule is NC(=O)c1cnccn1.c1ccncc1. The molecule has 0 saturated carbocycles. The number of nitrogens with zero attached hydrogens (tertiary/aromatic N) is 3. The molecule has 0 fully saturated rings. The van der Waals surface area contributed by atoms with Crippen LogP contribution < -0.4 is 5.73 Å². The zero-order valence-electron chi connectivity index (χ0n) is 7.95. The predicted octanol–water partition coefficient (Wildman–Crippen LogP) is 0.657. The highest BCUT2D eigenvalue weighted by Crippen LogP contribution is 1.84. The topological polar surface area (TPSA) is 81.8 Å². The first-order valence-corrected chi connectivity index (χ1v) is 4.21. The van der Waals surface area contributed by atoms with E-state index in [4.69, 9.17) is 5.73 Å². The van der Waals surface area contributed by atoms with E-state index in [-0.39, 0.29) is 5.69 Å². The third-order valence-corrected chi connectivity index (χ3v) is 1.38. The minimum Gasteiger partial charge on any atom is -0.364 e. The molecule has 2 aromatic heterocycles. The van der Waals surface area contributed by atoms with E-state index in [1.54, 1.807) is 12.4 Å². The molecular weight excluding hydrogens is 192 g/mol. The highest BCUT2D eigenvalue weighted by molar-refractivity contribution is 5.90. The molecule has 0 saturated heterocycles. The average Bonchev–Trinajstić information content (AvgIpc) is 2.33. The van der Waals surface area contributed by atoms with Crippen molar-refractivity contribution in [3.63, 3.8) is 0 Å². The molecule has 0 aliphatic heterocycles. The number of aromatic nitrogens is 3. The highest BCUT2D eigenvalue weighted by atomic mass is 16.1. The summed E-state index contributed by atoms with van der Waals surface area (Å²) < 4.78 is 0. The number of carbonyl (C=O) groups excluding carboxylic acids is 1. The van der Waals surface area contributed by atoms with Gasteiger partial charge in [0.25, 0.3) is 5.91 Å². The molecule has 0 aliphatic carbocycles. The number of amides is 1. The molecule has 2 rings (SSSR count).